The van der Waals surface area contributed by atoms with Crippen LogP contribution in [0.5, 0.6) is 0 Å². The van der Waals surface area contributed by atoms with Crippen molar-refractivity contribution >= 4 is 11.6 Å². The van der Waals surface area contributed by atoms with Crippen LogP contribution in [-0.4, -0.2) is 40.4 Å². The van der Waals surface area contributed by atoms with E-state index in [2.05, 4.69) is 20.2 Å². The van der Waals surface area contributed by atoms with Crippen molar-refractivity contribution in [3.05, 3.63) is 26.5 Å². The lowest BCUT2D eigenvalue weighted by molar-refractivity contribution is -0.117. The second-order valence-electron chi connectivity index (χ2n) is 4.79. The predicted octanol–water partition coefficient (Wildman–Crippen LogP) is -0.204. The fraction of sp³-hybridized carbons (Fsp3) is 0.583. The zero-order valence-electron chi connectivity index (χ0n) is 10.9. The van der Waals surface area contributed by atoms with Crippen LogP contribution in [0.3, 0.4) is 0 Å². The molecule has 0 aliphatic carbocycles. The number of carbonyl (C=O) groups is 1. The number of hydrogen-bond acceptors (Lipinski definition) is 4. The van der Waals surface area contributed by atoms with Crippen molar-refractivity contribution in [2.24, 2.45) is 0 Å². The molecule has 19 heavy (non-hydrogen) atoms. The smallest absolute Gasteiger partial charge is 0.319 e. The number of anilines is 1. The van der Waals surface area contributed by atoms with E-state index in [0.717, 1.165) is 25.9 Å². The van der Waals surface area contributed by atoms with E-state index in [1.807, 2.05) is 0 Å². The number of nitrogens with one attached hydrogen (secondary N) is 3. The Morgan fingerprint density at radius 1 is 1.21 bits per heavy atom. The minimum absolute atomic E-state index is 0.113. The van der Waals surface area contributed by atoms with Crippen LogP contribution in [0.4, 0.5) is 5.69 Å². The Labute approximate surface area is 110 Å². The highest BCUT2D eigenvalue weighted by atomic mass is 16.2. The maximum atomic E-state index is 11.9. The summed E-state index contributed by atoms with van der Waals surface area (Å²) >= 11 is 0. The second-order valence-corrected chi connectivity index (χ2v) is 4.79. The largest absolute Gasteiger partial charge is 0.326 e. The van der Waals surface area contributed by atoms with E-state index in [0.29, 0.717) is 5.69 Å². The highest BCUT2D eigenvalue weighted by Gasteiger charge is 2.15. The van der Waals surface area contributed by atoms with Crippen molar-refractivity contribution in [3.63, 3.8) is 0 Å². The molecule has 0 radical (unpaired) electrons. The first-order valence-corrected chi connectivity index (χ1v) is 6.41. The molecule has 1 aliphatic rings. The molecule has 0 aromatic carbocycles. The number of aromatic nitrogens is 2. The average Bonchev–Trinajstić information content (AvgIpc) is 2.35. The molecule has 104 valence electrons. The van der Waals surface area contributed by atoms with E-state index in [4.69, 9.17) is 0 Å². The molecule has 7 nitrogen and oxygen atoms in total. The molecule has 2 rings (SSSR count). The van der Waals surface area contributed by atoms with Gasteiger partial charge in [-0.25, -0.2) is 4.79 Å². The van der Waals surface area contributed by atoms with Crippen molar-refractivity contribution in [2.75, 3.05) is 25.0 Å². The van der Waals surface area contributed by atoms with E-state index in [9.17, 15) is 14.4 Å². The maximum absolute atomic E-state index is 11.9. The minimum Gasteiger partial charge on any atom is -0.319 e. The van der Waals surface area contributed by atoms with Gasteiger partial charge in [-0.15, -0.1) is 0 Å². The lowest BCUT2D eigenvalue weighted by atomic mass is 10.1. The van der Waals surface area contributed by atoms with Crippen LogP contribution in [0, 0.1) is 6.92 Å². The van der Waals surface area contributed by atoms with Crippen LogP contribution >= 0.6 is 0 Å². The maximum Gasteiger partial charge on any atom is 0.326 e. The molecule has 1 aromatic rings. The Hall–Kier alpha value is -1.89. The molecule has 0 unspecified atom stereocenters. The molecule has 2 heterocycles. The number of rotatable bonds is 3. The van der Waals surface area contributed by atoms with Gasteiger partial charge in [-0.05, 0) is 32.9 Å². The topological polar surface area (TPSA) is 98.1 Å². The number of likely N-dealkylation sites (tertiary alicyclic amines) is 1. The number of amides is 1. The third kappa shape index (κ3) is 3.54. The molecule has 0 spiro atoms. The first kappa shape index (κ1) is 13.5. The van der Waals surface area contributed by atoms with Gasteiger partial charge in [0.2, 0.25) is 5.91 Å². The lowest BCUT2D eigenvalue weighted by Gasteiger charge is -2.25. The van der Waals surface area contributed by atoms with E-state index in [-0.39, 0.29) is 18.1 Å². The van der Waals surface area contributed by atoms with Gasteiger partial charge in [0, 0.05) is 5.69 Å². The van der Waals surface area contributed by atoms with E-state index in [1.165, 1.54) is 6.42 Å². The lowest BCUT2D eigenvalue weighted by Crippen LogP contribution is -2.38. The van der Waals surface area contributed by atoms with Gasteiger partial charge in [-0.3, -0.25) is 19.5 Å². The van der Waals surface area contributed by atoms with Gasteiger partial charge in [0.25, 0.3) is 5.56 Å². The molecule has 0 bridgehead atoms. The number of carbonyl (C=O) groups excluding carboxylic acids is 1. The van der Waals surface area contributed by atoms with Crippen molar-refractivity contribution in [2.45, 2.75) is 26.2 Å². The molecule has 1 fully saturated rings. The summed E-state index contributed by atoms with van der Waals surface area (Å²) in [5.41, 5.74) is -0.674. The fourth-order valence-electron chi connectivity index (χ4n) is 2.25. The van der Waals surface area contributed by atoms with Gasteiger partial charge in [0.15, 0.2) is 0 Å². The molecule has 7 heteroatoms. The number of H-pyrrole nitrogens is 2. The third-order valence-electron chi connectivity index (χ3n) is 3.21. The summed E-state index contributed by atoms with van der Waals surface area (Å²) in [6.45, 7) is 3.67. The Kier molecular flexibility index (Phi) is 4.16. The molecule has 1 aromatic heterocycles. The predicted molar refractivity (Wildman–Crippen MR) is 71.3 cm³/mol. The standard InChI is InChI=1S/C12H18N4O3/c1-8-10(11(18)15-12(19)13-8)14-9(17)7-16-5-3-2-4-6-16/h2-7H2,1H3,(H,14,17)(H2,13,15,18,19). The molecule has 1 saturated heterocycles. The van der Waals surface area contributed by atoms with Gasteiger partial charge >= 0.3 is 5.69 Å². The Bertz CT molecular complexity index is 569. The van der Waals surface area contributed by atoms with Crippen LogP contribution in [-0.2, 0) is 4.79 Å². The zero-order chi connectivity index (χ0) is 13.8. The highest BCUT2D eigenvalue weighted by molar-refractivity contribution is 5.92. The number of aryl methyl sites for hydroxylation is 1. The van der Waals surface area contributed by atoms with E-state index in [1.54, 1.807) is 6.92 Å². The molecule has 1 aliphatic heterocycles. The van der Waals surface area contributed by atoms with Crippen LogP contribution < -0.4 is 16.6 Å². The molecule has 0 saturated carbocycles. The fourth-order valence-corrected chi connectivity index (χ4v) is 2.25. The molecular formula is C12H18N4O3. The van der Waals surface area contributed by atoms with Crippen molar-refractivity contribution in [1.29, 1.82) is 0 Å². The third-order valence-corrected chi connectivity index (χ3v) is 3.21. The second kappa shape index (κ2) is 5.83. The molecule has 0 atom stereocenters. The summed E-state index contributed by atoms with van der Waals surface area (Å²) in [4.78, 5) is 41.1. The summed E-state index contributed by atoms with van der Waals surface area (Å²) in [6.07, 6.45) is 3.41. The normalized spacial score (nSPS) is 16.3. The number of nitrogens with zero attached hydrogens (tertiary/aromatic N) is 1. The van der Waals surface area contributed by atoms with Gasteiger partial charge in [-0.1, -0.05) is 6.42 Å². The van der Waals surface area contributed by atoms with Crippen LogP contribution in [0.25, 0.3) is 0 Å². The summed E-state index contributed by atoms with van der Waals surface area (Å²) in [5, 5.41) is 2.56. The van der Waals surface area contributed by atoms with Crippen LogP contribution in [0.1, 0.15) is 25.0 Å². The summed E-state index contributed by atoms with van der Waals surface area (Å²) < 4.78 is 0. The number of aromatic amines is 2. The SMILES string of the molecule is Cc1[nH]c(=O)[nH]c(=O)c1NC(=O)CN1CCCCC1. The zero-order valence-corrected chi connectivity index (χ0v) is 10.9. The van der Waals surface area contributed by atoms with Crippen molar-refractivity contribution in [3.8, 4) is 0 Å². The first-order valence-electron chi connectivity index (χ1n) is 6.41. The first-order chi connectivity index (χ1) is 9.06. The number of piperidine rings is 1. The number of hydrogen-bond donors (Lipinski definition) is 3. The van der Waals surface area contributed by atoms with E-state index < -0.39 is 11.2 Å². The minimum atomic E-state index is -0.576. The van der Waals surface area contributed by atoms with Gasteiger partial charge in [-0.2, -0.15) is 0 Å². The Balaban J connectivity index is 2.02. The van der Waals surface area contributed by atoms with E-state index >= 15 is 0 Å². The monoisotopic (exact) mass is 266 g/mol. The summed E-state index contributed by atoms with van der Waals surface area (Å²) in [7, 11) is 0. The quantitative estimate of drug-likeness (QED) is 0.705. The highest BCUT2D eigenvalue weighted by Crippen LogP contribution is 2.08. The van der Waals surface area contributed by atoms with Gasteiger partial charge < -0.3 is 10.3 Å². The van der Waals surface area contributed by atoms with Crippen molar-refractivity contribution < 1.29 is 4.79 Å². The Morgan fingerprint density at radius 3 is 2.53 bits per heavy atom. The van der Waals surface area contributed by atoms with Crippen LogP contribution in [0.15, 0.2) is 9.59 Å². The molecule has 1 amide bonds. The van der Waals surface area contributed by atoms with Crippen molar-refractivity contribution in [1.82, 2.24) is 14.9 Å². The summed E-state index contributed by atoms with van der Waals surface area (Å²) in [5.74, 6) is -0.234. The average molecular weight is 266 g/mol. The molecule has 3 N–H and O–H groups in total. The summed E-state index contributed by atoms with van der Waals surface area (Å²) in [6, 6.07) is 0. The Morgan fingerprint density at radius 2 is 1.89 bits per heavy atom. The van der Waals surface area contributed by atoms with Gasteiger partial charge in [0.1, 0.15) is 5.69 Å². The van der Waals surface area contributed by atoms with Crippen LogP contribution in [0.2, 0.25) is 0 Å². The van der Waals surface area contributed by atoms with Gasteiger partial charge in [0.05, 0.1) is 6.54 Å². The molecular weight excluding hydrogens is 248 g/mol.